The van der Waals surface area contributed by atoms with Gasteiger partial charge in [0.2, 0.25) is 5.91 Å². The van der Waals surface area contributed by atoms with Crippen LogP contribution in [0.15, 0.2) is 42.1 Å². The topological polar surface area (TPSA) is 72.3 Å². The molecule has 148 valence electrons. The summed E-state index contributed by atoms with van der Waals surface area (Å²) in [4.78, 5) is 14.6. The van der Waals surface area contributed by atoms with E-state index in [2.05, 4.69) is 31.6 Å². The van der Waals surface area contributed by atoms with Gasteiger partial charge in [0.25, 0.3) is 0 Å². The molecule has 1 N–H and O–H groups in total. The molecule has 1 aromatic carbocycles. The quantitative estimate of drug-likeness (QED) is 0.544. The minimum atomic E-state index is -0.0507. The summed E-state index contributed by atoms with van der Waals surface area (Å²) in [5, 5.41) is 12.3. The predicted molar refractivity (Wildman–Crippen MR) is 111 cm³/mol. The van der Waals surface area contributed by atoms with Gasteiger partial charge in [-0.3, -0.25) is 4.79 Å². The van der Waals surface area contributed by atoms with Crippen LogP contribution in [0.5, 0.6) is 0 Å². The van der Waals surface area contributed by atoms with E-state index in [0.29, 0.717) is 18.2 Å². The van der Waals surface area contributed by atoms with Crippen LogP contribution in [0.3, 0.4) is 0 Å². The van der Waals surface area contributed by atoms with Crippen molar-refractivity contribution in [3.05, 3.63) is 42.7 Å². The fourth-order valence-electron chi connectivity index (χ4n) is 3.26. The van der Waals surface area contributed by atoms with Gasteiger partial charge in [0.1, 0.15) is 5.82 Å². The van der Waals surface area contributed by atoms with Crippen molar-refractivity contribution in [3.8, 4) is 0 Å². The van der Waals surface area contributed by atoms with Crippen LogP contribution in [0.2, 0.25) is 0 Å². The first kappa shape index (κ1) is 19.0. The lowest BCUT2D eigenvalue weighted by Crippen LogP contribution is -2.36. The van der Waals surface area contributed by atoms with Gasteiger partial charge in [-0.15, -0.1) is 16.8 Å². The summed E-state index contributed by atoms with van der Waals surface area (Å²) in [6, 6.07) is 7.96. The number of hydrogen-bond acceptors (Lipinski definition) is 6. The SMILES string of the molecule is C=CCn1c(SCC(=O)Nc2ccc(N3CCOCC3)cc2)nnc1C1CC1. The molecule has 2 fully saturated rings. The zero-order valence-electron chi connectivity index (χ0n) is 15.8. The van der Waals surface area contributed by atoms with Gasteiger partial charge < -0.3 is 19.5 Å². The number of allylic oxidation sites excluding steroid dienone is 1. The predicted octanol–water partition coefficient (Wildman–Crippen LogP) is 2.91. The van der Waals surface area contributed by atoms with Crippen molar-refractivity contribution >= 4 is 29.0 Å². The van der Waals surface area contributed by atoms with Crippen molar-refractivity contribution in [1.29, 1.82) is 0 Å². The zero-order valence-corrected chi connectivity index (χ0v) is 16.7. The Labute approximate surface area is 169 Å². The molecule has 1 amide bonds. The van der Waals surface area contributed by atoms with Crippen molar-refractivity contribution in [2.24, 2.45) is 0 Å². The third kappa shape index (κ3) is 4.56. The van der Waals surface area contributed by atoms with Crippen LogP contribution in [-0.4, -0.2) is 52.7 Å². The molecular formula is C20H25N5O2S. The molecule has 0 bridgehead atoms. The number of aromatic nitrogens is 3. The Morgan fingerprint density at radius 2 is 2.00 bits per heavy atom. The normalized spacial score (nSPS) is 16.8. The van der Waals surface area contributed by atoms with Crippen LogP contribution < -0.4 is 10.2 Å². The van der Waals surface area contributed by atoms with Gasteiger partial charge in [-0.25, -0.2) is 0 Å². The summed E-state index contributed by atoms with van der Waals surface area (Å²) in [5.41, 5.74) is 1.95. The van der Waals surface area contributed by atoms with Crippen LogP contribution in [-0.2, 0) is 16.1 Å². The van der Waals surface area contributed by atoms with Crippen LogP contribution in [0, 0.1) is 0 Å². The smallest absolute Gasteiger partial charge is 0.234 e. The van der Waals surface area contributed by atoms with Crippen molar-refractivity contribution in [2.75, 3.05) is 42.3 Å². The number of carbonyl (C=O) groups is 1. The average Bonchev–Trinajstić information content (AvgIpc) is 3.49. The summed E-state index contributed by atoms with van der Waals surface area (Å²) < 4.78 is 7.45. The van der Waals surface area contributed by atoms with Gasteiger partial charge in [0, 0.05) is 36.9 Å². The summed E-state index contributed by atoms with van der Waals surface area (Å²) in [7, 11) is 0. The Kier molecular flexibility index (Phi) is 5.97. The van der Waals surface area contributed by atoms with E-state index >= 15 is 0 Å². The molecule has 1 aromatic heterocycles. The van der Waals surface area contributed by atoms with E-state index in [4.69, 9.17) is 4.74 Å². The third-order valence-electron chi connectivity index (χ3n) is 4.86. The molecule has 4 rings (SSSR count). The lowest BCUT2D eigenvalue weighted by atomic mass is 10.2. The molecular weight excluding hydrogens is 374 g/mol. The maximum Gasteiger partial charge on any atom is 0.234 e. The van der Waals surface area contributed by atoms with Gasteiger partial charge in [0.15, 0.2) is 5.16 Å². The Bertz CT molecular complexity index is 826. The number of ether oxygens (including phenoxy) is 1. The molecule has 1 saturated carbocycles. The first-order chi connectivity index (χ1) is 13.7. The van der Waals surface area contributed by atoms with Crippen LogP contribution >= 0.6 is 11.8 Å². The molecule has 7 nitrogen and oxygen atoms in total. The van der Waals surface area contributed by atoms with Gasteiger partial charge >= 0.3 is 0 Å². The largest absolute Gasteiger partial charge is 0.378 e. The van der Waals surface area contributed by atoms with E-state index in [-0.39, 0.29) is 5.91 Å². The summed E-state index contributed by atoms with van der Waals surface area (Å²) in [6.45, 7) is 7.80. The summed E-state index contributed by atoms with van der Waals surface area (Å²) >= 11 is 1.41. The number of nitrogens with zero attached hydrogens (tertiary/aromatic N) is 4. The number of rotatable bonds is 8. The van der Waals surface area contributed by atoms with Gasteiger partial charge in [0.05, 0.1) is 19.0 Å². The van der Waals surface area contributed by atoms with E-state index in [1.807, 2.05) is 30.3 Å². The molecule has 8 heteroatoms. The highest BCUT2D eigenvalue weighted by molar-refractivity contribution is 7.99. The molecule has 0 atom stereocenters. The second kappa shape index (κ2) is 8.79. The molecule has 0 unspecified atom stereocenters. The highest BCUT2D eigenvalue weighted by Gasteiger charge is 2.30. The Morgan fingerprint density at radius 3 is 2.68 bits per heavy atom. The highest BCUT2D eigenvalue weighted by atomic mass is 32.2. The second-order valence-electron chi connectivity index (χ2n) is 7.00. The van der Waals surface area contributed by atoms with E-state index in [9.17, 15) is 4.79 Å². The van der Waals surface area contributed by atoms with Crippen LogP contribution in [0.25, 0.3) is 0 Å². The molecule has 2 aliphatic rings. The fourth-order valence-corrected chi connectivity index (χ4v) is 4.01. The Hall–Kier alpha value is -2.32. The third-order valence-corrected chi connectivity index (χ3v) is 5.83. The average molecular weight is 400 g/mol. The Balaban J connectivity index is 1.31. The van der Waals surface area contributed by atoms with E-state index in [1.165, 1.54) is 24.6 Å². The van der Waals surface area contributed by atoms with Crippen molar-refractivity contribution < 1.29 is 9.53 Å². The summed E-state index contributed by atoms with van der Waals surface area (Å²) in [5.74, 6) is 1.78. The number of nitrogens with one attached hydrogen (secondary N) is 1. The maximum atomic E-state index is 12.4. The first-order valence-corrected chi connectivity index (χ1v) is 10.6. The number of anilines is 2. The fraction of sp³-hybridized carbons (Fsp3) is 0.450. The van der Waals surface area contributed by atoms with Crippen LogP contribution in [0.4, 0.5) is 11.4 Å². The molecule has 0 spiro atoms. The monoisotopic (exact) mass is 399 g/mol. The van der Waals surface area contributed by atoms with E-state index in [1.54, 1.807) is 0 Å². The lowest BCUT2D eigenvalue weighted by Gasteiger charge is -2.28. The molecule has 0 radical (unpaired) electrons. The number of benzene rings is 1. The second-order valence-corrected chi connectivity index (χ2v) is 7.94. The molecule has 28 heavy (non-hydrogen) atoms. The van der Waals surface area contributed by atoms with E-state index in [0.717, 1.165) is 48.7 Å². The van der Waals surface area contributed by atoms with Crippen molar-refractivity contribution in [2.45, 2.75) is 30.5 Å². The van der Waals surface area contributed by atoms with Crippen LogP contribution in [0.1, 0.15) is 24.6 Å². The first-order valence-electron chi connectivity index (χ1n) is 9.64. The molecule has 1 saturated heterocycles. The number of amides is 1. The number of thioether (sulfide) groups is 1. The van der Waals surface area contributed by atoms with Gasteiger partial charge in [-0.05, 0) is 37.1 Å². The minimum Gasteiger partial charge on any atom is -0.378 e. The molecule has 1 aliphatic heterocycles. The van der Waals surface area contributed by atoms with Gasteiger partial charge in [-0.1, -0.05) is 17.8 Å². The van der Waals surface area contributed by atoms with Crippen molar-refractivity contribution in [3.63, 3.8) is 0 Å². The van der Waals surface area contributed by atoms with Gasteiger partial charge in [-0.2, -0.15) is 0 Å². The molecule has 2 aromatic rings. The van der Waals surface area contributed by atoms with Crippen molar-refractivity contribution in [1.82, 2.24) is 14.8 Å². The van der Waals surface area contributed by atoms with E-state index < -0.39 is 0 Å². The minimum absolute atomic E-state index is 0.0507. The summed E-state index contributed by atoms with van der Waals surface area (Å²) in [6.07, 6.45) is 4.18. The standard InChI is InChI=1S/C20H25N5O2S/c1-2-9-25-19(15-3-4-15)22-23-20(25)28-14-18(26)21-16-5-7-17(8-6-16)24-10-12-27-13-11-24/h2,5-8,15H,1,3-4,9-14H2,(H,21,26). The zero-order chi connectivity index (χ0) is 19.3. The molecule has 2 heterocycles. The number of carbonyl (C=O) groups excluding carboxylic acids is 1. The molecule has 1 aliphatic carbocycles. The highest BCUT2D eigenvalue weighted by Crippen LogP contribution is 2.40. The lowest BCUT2D eigenvalue weighted by molar-refractivity contribution is -0.113. The maximum absolute atomic E-state index is 12.4. The number of morpholine rings is 1. The number of hydrogen-bond donors (Lipinski definition) is 1. The Morgan fingerprint density at radius 1 is 1.25 bits per heavy atom.